The van der Waals surface area contributed by atoms with Gasteiger partial charge in [-0.3, -0.25) is 9.78 Å². The second-order valence-corrected chi connectivity index (χ2v) is 6.27. The minimum Gasteiger partial charge on any atom is -0.370 e. The van der Waals surface area contributed by atoms with E-state index in [1.165, 1.54) is 12.8 Å². The Morgan fingerprint density at radius 2 is 2.12 bits per heavy atom. The first-order valence-corrected chi connectivity index (χ1v) is 8.17. The van der Waals surface area contributed by atoms with E-state index in [-0.39, 0.29) is 5.91 Å². The Balaban J connectivity index is 1.72. The Morgan fingerprint density at radius 1 is 1.33 bits per heavy atom. The number of carbonyl (C=O) groups is 1. The van der Waals surface area contributed by atoms with E-state index in [0.29, 0.717) is 22.7 Å². The third-order valence-electron chi connectivity index (χ3n) is 4.28. The SMILES string of the molecule is CC1CCCN(c2cncc(C(=O)Nc3ccc(C#N)cc3)c2)C1. The number of nitrogens with zero attached hydrogens (tertiary/aromatic N) is 3. The molecule has 1 unspecified atom stereocenters. The van der Waals surface area contributed by atoms with Gasteiger partial charge in [-0.05, 0) is 49.1 Å². The highest BCUT2D eigenvalue weighted by Crippen LogP contribution is 2.23. The molecule has 122 valence electrons. The van der Waals surface area contributed by atoms with Gasteiger partial charge in [0.15, 0.2) is 0 Å². The van der Waals surface area contributed by atoms with Crippen molar-refractivity contribution in [3.8, 4) is 6.07 Å². The number of hydrogen-bond acceptors (Lipinski definition) is 4. The van der Waals surface area contributed by atoms with Crippen LogP contribution in [0.1, 0.15) is 35.7 Å². The summed E-state index contributed by atoms with van der Waals surface area (Å²) >= 11 is 0. The molecule has 1 aromatic carbocycles. The third kappa shape index (κ3) is 3.72. The fraction of sp³-hybridized carbons (Fsp3) is 0.316. The summed E-state index contributed by atoms with van der Waals surface area (Å²) in [5, 5.41) is 11.7. The van der Waals surface area contributed by atoms with Crippen LogP contribution in [0.15, 0.2) is 42.7 Å². The summed E-state index contributed by atoms with van der Waals surface area (Å²) in [6.07, 6.45) is 5.82. The Morgan fingerprint density at radius 3 is 2.83 bits per heavy atom. The molecular formula is C19H20N4O. The molecule has 5 heteroatoms. The number of nitriles is 1. The lowest BCUT2D eigenvalue weighted by atomic mass is 10.00. The van der Waals surface area contributed by atoms with Gasteiger partial charge in [0.1, 0.15) is 0 Å². The predicted octanol–water partition coefficient (Wildman–Crippen LogP) is 3.44. The van der Waals surface area contributed by atoms with E-state index in [1.807, 2.05) is 12.3 Å². The van der Waals surface area contributed by atoms with Gasteiger partial charge in [-0.25, -0.2) is 0 Å². The van der Waals surface area contributed by atoms with Crippen molar-refractivity contribution in [3.05, 3.63) is 53.9 Å². The van der Waals surface area contributed by atoms with Crippen molar-refractivity contribution < 1.29 is 4.79 Å². The summed E-state index contributed by atoms with van der Waals surface area (Å²) < 4.78 is 0. The average Bonchev–Trinajstić information content (AvgIpc) is 2.62. The van der Waals surface area contributed by atoms with Crippen molar-refractivity contribution >= 4 is 17.3 Å². The molecule has 1 aliphatic rings. The molecule has 2 aromatic rings. The van der Waals surface area contributed by atoms with E-state index in [2.05, 4.69) is 28.2 Å². The maximum Gasteiger partial charge on any atom is 0.257 e. The maximum absolute atomic E-state index is 12.4. The summed E-state index contributed by atoms with van der Waals surface area (Å²) in [6.45, 7) is 4.26. The Labute approximate surface area is 141 Å². The number of nitrogens with one attached hydrogen (secondary N) is 1. The molecule has 0 saturated carbocycles. The number of carbonyl (C=O) groups excluding carboxylic acids is 1. The van der Waals surface area contributed by atoms with Crippen molar-refractivity contribution in [1.82, 2.24) is 4.98 Å². The summed E-state index contributed by atoms with van der Waals surface area (Å²) in [5.74, 6) is 0.467. The molecule has 1 aliphatic heterocycles. The van der Waals surface area contributed by atoms with Gasteiger partial charge in [-0.1, -0.05) is 6.92 Å². The van der Waals surface area contributed by atoms with E-state index >= 15 is 0 Å². The molecule has 3 rings (SSSR count). The topological polar surface area (TPSA) is 69.0 Å². The zero-order chi connectivity index (χ0) is 16.9. The monoisotopic (exact) mass is 320 g/mol. The van der Waals surface area contributed by atoms with Gasteiger partial charge < -0.3 is 10.2 Å². The Kier molecular flexibility index (Phi) is 4.76. The number of anilines is 2. The maximum atomic E-state index is 12.4. The molecule has 24 heavy (non-hydrogen) atoms. The molecule has 1 N–H and O–H groups in total. The van der Waals surface area contributed by atoms with Crippen molar-refractivity contribution in [2.75, 3.05) is 23.3 Å². The molecule has 1 atom stereocenters. The number of benzene rings is 1. The van der Waals surface area contributed by atoms with Gasteiger partial charge in [-0.15, -0.1) is 0 Å². The molecule has 1 fully saturated rings. The smallest absolute Gasteiger partial charge is 0.257 e. The second kappa shape index (κ2) is 7.14. The third-order valence-corrected chi connectivity index (χ3v) is 4.28. The van der Waals surface area contributed by atoms with Crippen LogP contribution in [0.2, 0.25) is 0 Å². The average molecular weight is 320 g/mol. The highest BCUT2D eigenvalue weighted by atomic mass is 16.1. The zero-order valence-electron chi connectivity index (χ0n) is 13.7. The van der Waals surface area contributed by atoms with Gasteiger partial charge in [0.05, 0.1) is 29.1 Å². The molecule has 0 spiro atoms. The molecule has 5 nitrogen and oxygen atoms in total. The molecule has 0 bridgehead atoms. The number of hydrogen-bond donors (Lipinski definition) is 1. The molecule has 1 aromatic heterocycles. The minimum atomic E-state index is -0.195. The number of pyridine rings is 1. The van der Waals surface area contributed by atoms with Gasteiger partial charge in [-0.2, -0.15) is 5.26 Å². The molecule has 1 amide bonds. The van der Waals surface area contributed by atoms with Gasteiger partial charge in [0, 0.05) is 25.0 Å². The number of amides is 1. The Hall–Kier alpha value is -2.87. The van der Waals surface area contributed by atoms with Crippen LogP contribution in [-0.4, -0.2) is 24.0 Å². The summed E-state index contributed by atoms with van der Waals surface area (Å²) in [5.41, 5.74) is 2.76. The van der Waals surface area contributed by atoms with Crippen LogP contribution in [0.5, 0.6) is 0 Å². The molecule has 1 saturated heterocycles. The van der Waals surface area contributed by atoms with Gasteiger partial charge in [0.25, 0.3) is 5.91 Å². The lowest BCUT2D eigenvalue weighted by molar-refractivity contribution is 0.102. The van der Waals surface area contributed by atoms with E-state index in [1.54, 1.807) is 30.5 Å². The first-order valence-electron chi connectivity index (χ1n) is 8.17. The van der Waals surface area contributed by atoms with E-state index < -0.39 is 0 Å². The fourth-order valence-electron chi connectivity index (χ4n) is 2.98. The Bertz CT molecular complexity index is 764. The van der Waals surface area contributed by atoms with Gasteiger partial charge in [0.2, 0.25) is 0 Å². The van der Waals surface area contributed by atoms with Crippen molar-refractivity contribution in [2.45, 2.75) is 19.8 Å². The second-order valence-electron chi connectivity index (χ2n) is 6.27. The molecule has 0 radical (unpaired) electrons. The van der Waals surface area contributed by atoms with Crippen molar-refractivity contribution in [1.29, 1.82) is 5.26 Å². The quantitative estimate of drug-likeness (QED) is 0.940. The largest absolute Gasteiger partial charge is 0.370 e. The molecular weight excluding hydrogens is 300 g/mol. The predicted molar refractivity (Wildman–Crippen MR) is 94.0 cm³/mol. The normalized spacial score (nSPS) is 17.2. The van der Waals surface area contributed by atoms with Crippen LogP contribution in [0.25, 0.3) is 0 Å². The fourth-order valence-corrected chi connectivity index (χ4v) is 2.98. The first kappa shape index (κ1) is 16.0. The van der Waals surface area contributed by atoms with E-state index in [4.69, 9.17) is 5.26 Å². The lowest BCUT2D eigenvalue weighted by Crippen LogP contribution is -2.34. The van der Waals surface area contributed by atoms with Crippen LogP contribution in [0.3, 0.4) is 0 Å². The number of piperidine rings is 1. The zero-order valence-corrected chi connectivity index (χ0v) is 13.7. The van der Waals surface area contributed by atoms with Gasteiger partial charge >= 0.3 is 0 Å². The minimum absolute atomic E-state index is 0.195. The van der Waals surface area contributed by atoms with Crippen molar-refractivity contribution in [2.24, 2.45) is 5.92 Å². The summed E-state index contributed by atoms with van der Waals surface area (Å²) in [7, 11) is 0. The van der Waals surface area contributed by atoms with Crippen LogP contribution in [0.4, 0.5) is 11.4 Å². The number of aromatic nitrogens is 1. The summed E-state index contributed by atoms with van der Waals surface area (Å²) in [6, 6.07) is 10.8. The lowest BCUT2D eigenvalue weighted by Gasteiger charge is -2.32. The van der Waals surface area contributed by atoms with Crippen LogP contribution >= 0.6 is 0 Å². The first-order chi connectivity index (χ1) is 11.7. The molecule has 2 heterocycles. The van der Waals surface area contributed by atoms with Crippen LogP contribution in [-0.2, 0) is 0 Å². The highest BCUT2D eigenvalue weighted by Gasteiger charge is 2.18. The molecule has 0 aliphatic carbocycles. The van der Waals surface area contributed by atoms with Crippen LogP contribution < -0.4 is 10.2 Å². The van der Waals surface area contributed by atoms with E-state index in [0.717, 1.165) is 18.8 Å². The van der Waals surface area contributed by atoms with Crippen LogP contribution in [0, 0.1) is 17.2 Å². The van der Waals surface area contributed by atoms with E-state index in [9.17, 15) is 4.79 Å². The number of rotatable bonds is 3. The van der Waals surface area contributed by atoms with Crippen molar-refractivity contribution in [3.63, 3.8) is 0 Å². The standard InChI is InChI=1S/C19H20N4O/c1-14-3-2-8-23(13-14)18-9-16(11-21-12-18)19(24)22-17-6-4-15(10-20)5-7-17/h4-7,9,11-12,14H,2-3,8,13H2,1H3,(H,22,24). The summed E-state index contributed by atoms with van der Waals surface area (Å²) in [4.78, 5) is 19.0. The highest BCUT2D eigenvalue weighted by molar-refractivity contribution is 6.04.